The molecule has 1 atom stereocenters. The molecule has 0 bridgehead atoms. The Bertz CT molecular complexity index is 1720. The van der Waals surface area contributed by atoms with Gasteiger partial charge < -0.3 is 15.4 Å². The number of aromatic nitrogens is 7. The summed E-state index contributed by atoms with van der Waals surface area (Å²) in [6, 6.07) is 7.01. The molecule has 5 aromatic rings. The molecule has 0 saturated heterocycles. The second kappa shape index (κ2) is 10.6. The van der Waals surface area contributed by atoms with Crippen LogP contribution in [0.1, 0.15) is 41.5 Å². The van der Waals surface area contributed by atoms with Crippen molar-refractivity contribution in [3.05, 3.63) is 64.8 Å². The summed E-state index contributed by atoms with van der Waals surface area (Å²) in [5.74, 6) is 0.798. The molecule has 4 aromatic heterocycles. The number of carbonyl (C=O) groups is 1. The number of nitrogens with two attached hydrogens (primary N) is 1. The lowest BCUT2D eigenvalue weighted by Gasteiger charge is -2.21. The number of aryl methyl sites for hydroxylation is 1. The summed E-state index contributed by atoms with van der Waals surface area (Å²) < 4.78 is 9.60. The molecule has 12 heteroatoms. The van der Waals surface area contributed by atoms with E-state index in [9.17, 15) is 4.79 Å². The van der Waals surface area contributed by atoms with Gasteiger partial charge in [-0.05, 0) is 50.1 Å². The number of anilines is 1. The van der Waals surface area contributed by atoms with Crippen molar-refractivity contribution in [2.24, 2.45) is 7.05 Å². The van der Waals surface area contributed by atoms with E-state index in [0.29, 0.717) is 51.3 Å². The molecule has 1 aromatic carbocycles. The number of halogens is 1. The minimum absolute atomic E-state index is 0.170. The van der Waals surface area contributed by atoms with Crippen molar-refractivity contribution < 1.29 is 9.53 Å². The van der Waals surface area contributed by atoms with E-state index >= 15 is 0 Å². The summed E-state index contributed by atoms with van der Waals surface area (Å²) in [6.45, 7) is 6.31. The van der Waals surface area contributed by atoms with Gasteiger partial charge in [-0.25, -0.2) is 14.6 Å². The van der Waals surface area contributed by atoms with Crippen LogP contribution in [0.4, 0.5) is 5.82 Å². The van der Waals surface area contributed by atoms with E-state index < -0.39 is 0 Å². The van der Waals surface area contributed by atoms with Crippen LogP contribution in [-0.4, -0.2) is 66.0 Å². The van der Waals surface area contributed by atoms with Gasteiger partial charge in [-0.3, -0.25) is 14.5 Å². The zero-order chi connectivity index (χ0) is 28.7. The van der Waals surface area contributed by atoms with Crippen LogP contribution >= 0.6 is 11.6 Å². The molecule has 0 aliphatic rings. The van der Waals surface area contributed by atoms with Gasteiger partial charge in [0, 0.05) is 49.7 Å². The summed E-state index contributed by atoms with van der Waals surface area (Å²) in [4.78, 5) is 26.9. The maximum Gasteiger partial charge on any atom is 0.271 e. The van der Waals surface area contributed by atoms with E-state index in [4.69, 9.17) is 27.2 Å². The largest absolute Gasteiger partial charge is 0.493 e. The molecule has 4 heterocycles. The molecule has 1 amide bonds. The minimum atomic E-state index is -0.341. The average molecular weight is 560 g/mol. The molecule has 0 aliphatic heterocycles. The van der Waals surface area contributed by atoms with E-state index in [1.54, 1.807) is 35.7 Å². The Morgan fingerprint density at radius 2 is 1.95 bits per heavy atom. The Labute approximate surface area is 236 Å². The van der Waals surface area contributed by atoms with Crippen LogP contribution in [0.3, 0.4) is 0 Å². The highest BCUT2D eigenvalue weighted by Gasteiger charge is 2.26. The number of nitrogens with zero attached hydrogens (tertiary/aromatic N) is 8. The van der Waals surface area contributed by atoms with E-state index in [2.05, 4.69) is 20.1 Å². The molecular formula is C28H30ClN9O2. The van der Waals surface area contributed by atoms with Crippen molar-refractivity contribution in [3.63, 3.8) is 0 Å². The Balaban J connectivity index is 1.64. The zero-order valence-corrected chi connectivity index (χ0v) is 23.9. The molecule has 0 spiro atoms. The summed E-state index contributed by atoms with van der Waals surface area (Å²) in [6.07, 6.45) is 4.93. The highest BCUT2D eigenvalue weighted by molar-refractivity contribution is 6.32. The number of rotatable bonds is 7. The average Bonchev–Trinajstić information content (AvgIpc) is 3.54. The summed E-state index contributed by atoms with van der Waals surface area (Å²) >= 11 is 7.05. The number of fused-ring (bicyclic) bond motifs is 1. The number of hydrogen-bond acceptors (Lipinski definition) is 8. The standard InChI is InChI=1S/C28H30ClN9O2/c1-7-40-21-12-18(24(29)15(2)22(21)17-8-9-20(31-13-17)28(39)36(4)5)16(3)38-27-23(26(30)32-14-33-27)25(35-38)19-10-11-37(6)34-19/h8-14,16H,7H2,1-6H3,(H2,30,32,33). The molecule has 206 valence electrons. The normalized spacial score (nSPS) is 12.1. The topological polar surface area (TPSA) is 130 Å². The Kier molecular flexibility index (Phi) is 7.16. The van der Waals surface area contributed by atoms with Gasteiger partial charge in [0.2, 0.25) is 0 Å². The van der Waals surface area contributed by atoms with Crippen molar-refractivity contribution in [2.45, 2.75) is 26.8 Å². The van der Waals surface area contributed by atoms with Crippen molar-refractivity contribution in [2.75, 3.05) is 26.4 Å². The van der Waals surface area contributed by atoms with E-state index in [0.717, 1.165) is 22.3 Å². The molecule has 1 unspecified atom stereocenters. The van der Waals surface area contributed by atoms with Crippen molar-refractivity contribution in [1.82, 2.24) is 39.4 Å². The third-order valence-electron chi connectivity index (χ3n) is 6.76. The molecule has 0 fully saturated rings. The first-order chi connectivity index (χ1) is 19.1. The maximum atomic E-state index is 12.3. The number of pyridine rings is 1. The van der Waals surface area contributed by atoms with Crippen LogP contribution < -0.4 is 10.5 Å². The fraction of sp³-hybridized carbons (Fsp3) is 0.286. The monoisotopic (exact) mass is 559 g/mol. The summed E-state index contributed by atoms with van der Waals surface area (Å²) in [5.41, 5.74) is 11.7. The van der Waals surface area contributed by atoms with Gasteiger partial charge >= 0.3 is 0 Å². The maximum absolute atomic E-state index is 12.3. The van der Waals surface area contributed by atoms with Crippen LogP contribution in [0.2, 0.25) is 5.02 Å². The number of amides is 1. The first-order valence-electron chi connectivity index (χ1n) is 12.7. The molecule has 11 nitrogen and oxygen atoms in total. The van der Waals surface area contributed by atoms with Gasteiger partial charge in [0.05, 0.1) is 18.0 Å². The number of carbonyl (C=O) groups excluding carboxylic acids is 1. The lowest BCUT2D eigenvalue weighted by Crippen LogP contribution is -2.22. The van der Waals surface area contributed by atoms with Gasteiger partial charge in [-0.2, -0.15) is 10.2 Å². The lowest BCUT2D eigenvalue weighted by atomic mass is 9.95. The zero-order valence-electron chi connectivity index (χ0n) is 23.2. The molecular weight excluding hydrogens is 530 g/mol. The first-order valence-corrected chi connectivity index (χ1v) is 13.1. The van der Waals surface area contributed by atoms with Gasteiger partial charge in [0.15, 0.2) is 5.65 Å². The van der Waals surface area contributed by atoms with Gasteiger partial charge in [-0.1, -0.05) is 17.7 Å². The minimum Gasteiger partial charge on any atom is -0.493 e. The fourth-order valence-corrected chi connectivity index (χ4v) is 5.04. The highest BCUT2D eigenvalue weighted by atomic mass is 35.5. The van der Waals surface area contributed by atoms with Crippen LogP contribution in [0.15, 0.2) is 43.0 Å². The summed E-state index contributed by atoms with van der Waals surface area (Å²) in [7, 11) is 5.22. The number of benzene rings is 1. The molecule has 2 N–H and O–H groups in total. The predicted molar refractivity (Wildman–Crippen MR) is 154 cm³/mol. The van der Waals surface area contributed by atoms with E-state index in [1.165, 1.54) is 11.2 Å². The van der Waals surface area contributed by atoms with Crippen LogP contribution in [0.25, 0.3) is 33.5 Å². The number of nitrogen functional groups attached to an aromatic ring is 1. The molecule has 0 radical (unpaired) electrons. The highest BCUT2D eigenvalue weighted by Crippen LogP contribution is 2.43. The third kappa shape index (κ3) is 4.62. The first kappa shape index (κ1) is 27.1. The van der Waals surface area contributed by atoms with Crippen molar-refractivity contribution >= 4 is 34.4 Å². The lowest BCUT2D eigenvalue weighted by molar-refractivity contribution is 0.0822. The van der Waals surface area contributed by atoms with Crippen molar-refractivity contribution in [1.29, 1.82) is 0 Å². The molecule has 0 aliphatic carbocycles. The SMILES string of the molecule is CCOc1cc(C(C)n2nc(-c3ccn(C)n3)c3c(N)ncnc32)c(Cl)c(C)c1-c1ccc(C(=O)N(C)C)nc1. The summed E-state index contributed by atoms with van der Waals surface area (Å²) in [5, 5.41) is 10.6. The molecule has 5 rings (SSSR count). The number of hydrogen-bond donors (Lipinski definition) is 1. The van der Waals surface area contributed by atoms with Gasteiger partial charge in [0.1, 0.15) is 35.0 Å². The predicted octanol–water partition coefficient (Wildman–Crippen LogP) is 4.54. The molecule has 40 heavy (non-hydrogen) atoms. The fourth-order valence-electron chi connectivity index (χ4n) is 4.74. The van der Waals surface area contributed by atoms with Crippen molar-refractivity contribution in [3.8, 4) is 28.3 Å². The molecule has 0 saturated carbocycles. The van der Waals surface area contributed by atoms with Crippen LogP contribution in [0, 0.1) is 6.92 Å². The second-order valence-corrected chi connectivity index (χ2v) is 10.0. The van der Waals surface area contributed by atoms with E-state index in [1.807, 2.05) is 52.2 Å². The number of ether oxygens (including phenoxy) is 1. The smallest absolute Gasteiger partial charge is 0.271 e. The van der Waals surface area contributed by atoms with Crippen LogP contribution in [-0.2, 0) is 7.05 Å². The quantitative estimate of drug-likeness (QED) is 0.307. The Morgan fingerprint density at radius 3 is 2.58 bits per heavy atom. The Hall–Kier alpha value is -4.51. The van der Waals surface area contributed by atoms with Gasteiger partial charge in [-0.15, -0.1) is 0 Å². The van der Waals surface area contributed by atoms with Crippen LogP contribution in [0.5, 0.6) is 5.75 Å². The van der Waals surface area contributed by atoms with Gasteiger partial charge in [0.25, 0.3) is 5.91 Å². The third-order valence-corrected chi connectivity index (χ3v) is 7.26. The Morgan fingerprint density at radius 1 is 1.18 bits per heavy atom. The second-order valence-electron chi connectivity index (χ2n) is 9.64. The van der Waals surface area contributed by atoms with E-state index in [-0.39, 0.29) is 11.9 Å².